The van der Waals surface area contributed by atoms with Crippen LogP contribution in [0.15, 0.2) is 0 Å². The second-order valence-corrected chi connectivity index (χ2v) is 3.91. The normalized spacial score (nSPS) is 11.1. The van der Waals surface area contributed by atoms with Gasteiger partial charge in [-0.15, -0.1) is 0 Å². The van der Waals surface area contributed by atoms with E-state index < -0.39 is 12.1 Å². The van der Waals surface area contributed by atoms with Gasteiger partial charge in [0.05, 0.1) is 6.61 Å². The van der Waals surface area contributed by atoms with Crippen molar-refractivity contribution in [1.29, 1.82) is 0 Å². The van der Waals surface area contributed by atoms with Crippen LogP contribution < -0.4 is 0 Å². The monoisotopic (exact) mass is 262 g/mol. The summed E-state index contributed by atoms with van der Waals surface area (Å²) in [5.74, 6) is -1.07. The predicted octanol–water partition coefficient (Wildman–Crippen LogP) is 2.63. The van der Waals surface area contributed by atoms with Crippen LogP contribution in [-0.4, -0.2) is 36.4 Å². The van der Waals surface area contributed by atoms with Crippen molar-refractivity contribution < 1.29 is 24.2 Å². The van der Waals surface area contributed by atoms with Gasteiger partial charge >= 0.3 is 5.97 Å². The molecule has 0 spiro atoms. The van der Waals surface area contributed by atoms with E-state index in [1.54, 1.807) is 6.92 Å². The first kappa shape index (κ1) is 19.2. The third-order valence-electron chi connectivity index (χ3n) is 1.94. The standard InChI is InChI=1S/C11H22O3.C2H4O2/c1-4-6-8-13-10(3)11(12)14-9-7-5-2;1-2(3)4/h10H,4-9H2,1-3H3;1H3,(H,3,4). The molecular formula is C13H26O5. The molecule has 0 bridgehead atoms. The first-order valence-electron chi connectivity index (χ1n) is 6.43. The van der Waals surface area contributed by atoms with E-state index in [9.17, 15) is 4.79 Å². The van der Waals surface area contributed by atoms with Crippen LogP contribution in [0.25, 0.3) is 0 Å². The summed E-state index contributed by atoms with van der Waals surface area (Å²) in [4.78, 5) is 20.3. The average Bonchev–Trinajstić information content (AvgIpc) is 2.28. The highest BCUT2D eigenvalue weighted by Crippen LogP contribution is 1.99. The quantitative estimate of drug-likeness (QED) is 0.537. The molecule has 0 rings (SSSR count). The molecule has 0 aromatic carbocycles. The zero-order valence-electron chi connectivity index (χ0n) is 11.9. The lowest BCUT2D eigenvalue weighted by atomic mass is 10.3. The number of hydrogen-bond acceptors (Lipinski definition) is 4. The van der Waals surface area contributed by atoms with Gasteiger partial charge in [0.15, 0.2) is 6.10 Å². The summed E-state index contributed by atoms with van der Waals surface area (Å²) in [7, 11) is 0. The van der Waals surface area contributed by atoms with Crippen LogP contribution in [0.3, 0.4) is 0 Å². The van der Waals surface area contributed by atoms with Crippen molar-refractivity contribution in [3.63, 3.8) is 0 Å². The van der Waals surface area contributed by atoms with Crippen LogP contribution in [0.4, 0.5) is 0 Å². The largest absolute Gasteiger partial charge is 0.481 e. The highest BCUT2D eigenvalue weighted by molar-refractivity contribution is 5.74. The Morgan fingerprint density at radius 1 is 1.11 bits per heavy atom. The minimum absolute atomic E-state index is 0.241. The Morgan fingerprint density at radius 2 is 1.56 bits per heavy atom. The molecule has 0 aromatic heterocycles. The van der Waals surface area contributed by atoms with Crippen molar-refractivity contribution in [3.05, 3.63) is 0 Å². The first-order valence-corrected chi connectivity index (χ1v) is 6.43. The number of unbranched alkanes of at least 4 members (excludes halogenated alkanes) is 2. The highest BCUT2D eigenvalue weighted by Gasteiger charge is 2.13. The molecule has 0 fully saturated rings. The molecule has 5 nitrogen and oxygen atoms in total. The van der Waals surface area contributed by atoms with E-state index >= 15 is 0 Å². The fraction of sp³-hybridized carbons (Fsp3) is 0.846. The molecule has 0 aromatic rings. The zero-order chi connectivity index (χ0) is 14.4. The molecule has 108 valence electrons. The Hall–Kier alpha value is -1.10. The van der Waals surface area contributed by atoms with Crippen LogP contribution in [0.5, 0.6) is 0 Å². The van der Waals surface area contributed by atoms with E-state index in [-0.39, 0.29) is 5.97 Å². The second kappa shape index (κ2) is 14.0. The van der Waals surface area contributed by atoms with E-state index in [1.165, 1.54) is 0 Å². The molecule has 1 unspecified atom stereocenters. The van der Waals surface area contributed by atoms with E-state index in [1.807, 2.05) is 0 Å². The molecule has 0 aliphatic rings. The smallest absolute Gasteiger partial charge is 0.334 e. The molecule has 0 saturated heterocycles. The Bertz CT molecular complexity index is 211. The molecule has 18 heavy (non-hydrogen) atoms. The number of esters is 1. The summed E-state index contributed by atoms with van der Waals surface area (Å²) >= 11 is 0. The average molecular weight is 262 g/mol. The van der Waals surface area contributed by atoms with E-state index in [4.69, 9.17) is 19.4 Å². The van der Waals surface area contributed by atoms with E-state index in [0.29, 0.717) is 13.2 Å². The number of carboxylic acids is 1. The third kappa shape index (κ3) is 17.3. The van der Waals surface area contributed by atoms with Crippen molar-refractivity contribution >= 4 is 11.9 Å². The number of rotatable bonds is 8. The molecule has 0 saturated carbocycles. The number of carbonyl (C=O) groups excluding carboxylic acids is 1. The molecule has 0 aliphatic carbocycles. The fourth-order valence-electron chi connectivity index (χ4n) is 0.907. The lowest BCUT2D eigenvalue weighted by Crippen LogP contribution is -2.24. The Labute approximate surface area is 109 Å². The van der Waals surface area contributed by atoms with Crippen LogP contribution in [-0.2, 0) is 19.1 Å². The van der Waals surface area contributed by atoms with Gasteiger partial charge in [0, 0.05) is 13.5 Å². The summed E-state index contributed by atoms with van der Waals surface area (Å²) in [6.45, 7) is 8.13. The van der Waals surface area contributed by atoms with Crippen LogP contribution in [0.2, 0.25) is 0 Å². The van der Waals surface area contributed by atoms with Crippen LogP contribution in [0.1, 0.15) is 53.4 Å². The maximum Gasteiger partial charge on any atom is 0.334 e. The summed E-state index contributed by atoms with van der Waals surface area (Å²) in [6, 6.07) is 0. The zero-order valence-corrected chi connectivity index (χ0v) is 11.9. The minimum Gasteiger partial charge on any atom is -0.481 e. The van der Waals surface area contributed by atoms with Crippen molar-refractivity contribution in [1.82, 2.24) is 0 Å². The summed E-state index contributed by atoms with van der Waals surface area (Å²) < 4.78 is 10.3. The highest BCUT2D eigenvalue weighted by atomic mass is 16.6. The van der Waals surface area contributed by atoms with Gasteiger partial charge in [0.1, 0.15) is 0 Å². The minimum atomic E-state index is -0.833. The molecule has 0 aliphatic heterocycles. The van der Waals surface area contributed by atoms with Gasteiger partial charge in [0.2, 0.25) is 0 Å². The van der Waals surface area contributed by atoms with Gasteiger partial charge < -0.3 is 14.6 Å². The van der Waals surface area contributed by atoms with Gasteiger partial charge in [-0.25, -0.2) is 4.79 Å². The lowest BCUT2D eigenvalue weighted by Gasteiger charge is -2.11. The van der Waals surface area contributed by atoms with Gasteiger partial charge in [-0.2, -0.15) is 0 Å². The SMILES string of the molecule is CC(=O)O.CCCCOC(=O)C(C)OCCCC. The number of carboxylic acid groups (broad SMARTS) is 1. The van der Waals surface area contributed by atoms with Crippen molar-refractivity contribution in [2.24, 2.45) is 0 Å². The number of carbonyl (C=O) groups is 2. The molecular weight excluding hydrogens is 236 g/mol. The summed E-state index contributed by atoms with van der Waals surface area (Å²) in [6.07, 6.45) is 3.62. The second-order valence-electron chi connectivity index (χ2n) is 3.91. The summed E-state index contributed by atoms with van der Waals surface area (Å²) in [5.41, 5.74) is 0. The molecule has 0 amide bonds. The van der Waals surface area contributed by atoms with Crippen LogP contribution >= 0.6 is 0 Å². The predicted molar refractivity (Wildman–Crippen MR) is 69.5 cm³/mol. The lowest BCUT2D eigenvalue weighted by molar-refractivity contribution is -0.156. The van der Waals surface area contributed by atoms with Crippen molar-refractivity contribution in [3.8, 4) is 0 Å². The van der Waals surface area contributed by atoms with E-state index in [2.05, 4.69) is 13.8 Å². The van der Waals surface area contributed by atoms with Crippen LogP contribution in [0, 0.1) is 0 Å². The van der Waals surface area contributed by atoms with Gasteiger partial charge in [-0.3, -0.25) is 4.79 Å². The van der Waals surface area contributed by atoms with Gasteiger partial charge in [-0.05, 0) is 19.8 Å². The number of hydrogen-bond donors (Lipinski definition) is 1. The van der Waals surface area contributed by atoms with Crippen molar-refractivity contribution in [2.45, 2.75) is 59.5 Å². The first-order chi connectivity index (χ1) is 8.45. The Balaban J connectivity index is 0. The van der Waals surface area contributed by atoms with Gasteiger partial charge in [0.25, 0.3) is 5.97 Å². The number of aliphatic carboxylic acids is 1. The maximum atomic E-state index is 11.3. The Kier molecular flexibility index (Phi) is 14.9. The maximum absolute atomic E-state index is 11.3. The topological polar surface area (TPSA) is 72.8 Å². The van der Waals surface area contributed by atoms with Crippen molar-refractivity contribution in [2.75, 3.05) is 13.2 Å². The fourth-order valence-corrected chi connectivity index (χ4v) is 0.907. The Morgan fingerprint density at radius 3 is 2.00 bits per heavy atom. The van der Waals surface area contributed by atoms with Gasteiger partial charge in [-0.1, -0.05) is 26.7 Å². The number of ether oxygens (including phenoxy) is 2. The molecule has 1 N–H and O–H groups in total. The third-order valence-corrected chi connectivity index (χ3v) is 1.94. The molecule has 5 heteroatoms. The molecule has 0 radical (unpaired) electrons. The van der Waals surface area contributed by atoms with E-state index in [0.717, 1.165) is 32.6 Å². The summed E-state index contributed by atoms with van der Waals surface area (Å²) in [5, 5.41) is 7.42. The molecule has 0 heterocycles. The molecule has 1 atom stereocenters.